The molecule has 88 valence electrons. The van der Waals surface area contributed by atoms with Crippen molar-refractivity contribution in [2.24, 2.45) is 11.1 Å². The second-order valence-corrected chi connectivity index (χ2v) is 5.37. The number of hydrogen-bond donors (Lipinski definition) is 3. The van der Waals surface area contributed by atoms with Crippen LogP contribution in [0.3, 0.4) is 0 Å². The van der Waals surface area contributed by atoms with Gasteiger partial charge in [-0.2, -0.15) is 0 Å². The largest absolute Gasteiger partial charge is 0.392 e. The lowest BCUT2D eigenvalue weighted by Gasteiger charge is -2.50. The molecule has 1 aliphatic carbocycles. The summed E-state index contributed by atoms with van der Waals surface area (Å²) in [6.45, 7) is 7.52. The Morgan fingerprint density at radius 2 is 2.20 bits per heavy atom. The van der Waals surface area contributed by atoms with E-state index in [1.165, 1.54) is 0 Å². The van der Waals surface area contributed by atoms with Gasteiger partial charge in [0, 0.05) is 11.5 Å². The Hall–Kier alpha value is -0.610. The molecule has 4 nitrogen and oxygen atoms in total. The smallest absolute Gasteiger partial charge is 0.240 e. The molecule has 0 saturated heterocycles. The number of aliphatic hydroxyl groups is 1. The minimum atomic E-state index is -0.809. The molecule has 0 spiro atoms. The number of amides is 1. The van der Waals surface area contributed by atoms with Crippen LogP contribution in [0.25, 0.3) is 0 Å². The van der Waals surface area contributed by atoms with Crippen molar-refractivity contribution in [1.29, 1.82) is 0 Å². The summed E-state index contributed by atoms with van der Waals surface area (Å²) < 4.78 is 0. The third-order valence-corrected chi connectivity index (χ3v) is 3.77. The topological polar surface area (TPSA) is 75.4 Å². The summed E-state index contributed by atoms with van der Waals surface area (Å²) in [5.41, 5.74) is 4.79. The lowest BCUT2D eigenvalue weighted by molar-refractivity contribution is -0.134. The number of aliphatic hydroxyl groups excluding tert-OH is 1. The van der Waals surface area contributed by atoms with Gasteiger partial charge in [0.1, 0.15) is 0 Å². The Morgan fingerprint density at radius 1 is 1.67 bits per heavy atom. The van der Waals surface area contributed by atoms with Crippen molar-refractivity contribution < 1.29 is 9.90 Å². The predicted octanol–water partition coefficient (Wildman–Crippen LogP) is 0.389. The summed E-state index contributed by atoms with van der Waals surface area (Å²) in [6, 6.07) is 0.0365. The van der Waals surface area contributed by atoms with Crippen LogP contribution in [-0.4, -0.2) is 28.7 Å². The highest BCUT2D eigenvalue weighted by Crippen LogP contribution is 2.40. The SMILES string of the molecule is CCC(C)(N)C(=O)NC1CC(O)C1(C)C. The maximum absolute atomic E-state index is 11.8. The summed E-state index contributed by atoms with van der Waals surface area (Å²) in [4.78, 5) is 11.8. The van der Waals surface area contributed by atoms with Gasteiger partial charge in [-0.25, -0.2) is 0 Å². The maximum Gasteiger partial charge on any atom is 0.240 e. The first-order valence-electron chi connectivity index (χ1n) is 5.49. The molecule has 1 fully saturated rings. The normalized spacial score (nSPS) is 32.7. The average Bonchev–Trinajstić information content (AvgIpc) is 2.17. The molecule has 1 aliphatic rings. The van der Waals surface area contributed by atoms with E-state index in [-0.39, 0.29) is 23.5 Å². The highest BCUT2D eigenvalue weighted by molar-refractivity contribution is 5.85. The molecule has 0 bridgehead atoms. The van der Waals surface area contributed by atoms with E-state index in [2.05, 4.69) is 5.32 Å². The van der Waals surface area contributed by atoms with Gasteiger partial charge in [-0.1, -0.05) is 20.8 Å². The van der Waals surface area contributed by atoms with E-state index in [0.717, 1.165) is 0 Å². The fourth-order valence-electron chi connectivity index (χ4n) is 1.63. The van der Waals surface area contributed by atoms with E-state index in [1.54, 1.807) is 6.92 Å². The Kier molecular flexibility index (Phi) is 3.12. The summed E-state index contributed by atoms with van der Waals surface area (Å²) in [6.07, 6.45) is 0.904. The van der Waals surface area contributed by atoms with Crippen molar-refractivity contribution in [2.45, 2.75) is 58.2 Å². The Labute approximate surface area is 91.2 Å². The molecule has 4 N–H and O–H groups in total. The van der Waals surface area contributed by atoms with Crippen molar-refractivity contribution in [3.63, 3.8) is 0 Å². The van der Waals surface area contributed by atoms with Crippen LogP contribution in [-0.2, 0) is 4.79 Å². The van der Waals surface area contributed by atoms with Gasteiger partial charge in [0.15, 0.2) is 0 Å². The fraction of sp³-hybridized carbons (Fsp3) is 0.909. The average molecular weight is 214 g/mol. The van der Waals surface area contributed by atoms with Crippen molar-refractivity contribution >= 4 is 5.91 Å². The minimum Gasteiger partial charge on any atom is -0.392 e. The zero-order valence-electron chi connectivity index (χ0n) is 10.0. The molecule has 4 heteroatoms. The predicted molar refractivity (Wildman–Crippen MR) is 59.2 cm³/mol. The van der Waals surface area contributed by atoms with Gasteiger partial charge in [-0.15, -0.1) is 0 Å². The number of hydrogen-bond acceptors (Lipinski definition) is 3. The maximum atomic E-state index is 11.8. The lowest BCUT2D eigenvalue weighted by atomic mass is 9.64. The van der Waals surface area contributed by atoms with Crippen LogP contribution in [0.5, 0.6) is 0 Å². The highest BCUT2D eigenvalue weighted by Gasteiger charge is 2.48. The first-order valence-corrected chi connectivity index (χ1v) is 5.49. The van der Waals surface area contributed by atoms with Crippen LogP contribution in [0, 0.1) is 5.41 Å². The molecule has 1 saturated carbocycles. The van der Waals surface area contributed by atoms with Gasteiger partial charge in [-0.3, -0.25) is 4.79 Å². The van der Waals surface area contributed by atoms with E-state index in [9.17, 15) is 9.90 Å². The minimum absolute atomic E-state index is 0.0365. The van der Waals surface area contributed by atoms with Crippen LogP contribution in [0.1, 0.15) is 40.5 Å². The Morgan fingerprint density at radius 3 is 2.53 bits per heavy atom. The van der Waals surface area contributed by atoms with Crippen molar-refractivity contribution in [2.75, 3.05) is 0 Å². The van der Waals surface area contributed by atoms with Crippen LogP contribution in [0.4, 0.5) is 0 Å². The van der Waals surface area contributed by atoms with E-state index in [1.807, 2.05) is 20.8 Å². The molecule has 3 unspecified atom stereocenters. The molecule has 0 aromatic carbocycles. The molecule has 15 heavy (non-hydrogen) atoms. The molecule has 0 aromatic heterocycles. The van der Waals surface area contributed by atoms with Gasteiger partial charge < -0.3 is 16.2 Å². The molecular formula is C11H22N2O2. The van der Waals surface area contributed by atoms with Crippen LogP contribution in [0.15, 0.2) is 0 Å². The number of nitrogens with two attached hydrogens (primary N) is 1. The van der Waals surface area contributed by atoms with Gasteiger partial charge in [0.2, 0.25) is 5.91 Å². The number of carbonyl (C=O) groups excluding carboxylic acids is 1. The third kappa shape index (κ3) is 2.16. The molecule has 1 amide bonds. The first-order chi connectivity index (χ1) is 6.71. The summed E-state index contributed by atoms with van der Waals surface area (Å²) in [5, 5.41) is 12.4. The van der Waals surface area contributed by atoms with E-state index < -0.39 is 5.54 Å². The number of rotatable bonds is 3. The third-order valence-electron chi connectivity index (χ3n) is 3.77. The first kappa shape index (κ1) is 12.5. The molecule has 0 aliphatic heterocycles. The van der Waals surface area contributed by atoms with Crippen LogP contribution >= 0.6 is 0 Å². The zero-order chi connectivity index (χ0) is 11.9. The molecular weight excluding hydrogens is 192 g/mol. The monoisotopic (exact) mass is 214 g/mol. The standard InChI is InChI=1S/C11H22N2O2/c1-5-11(4,12)9(15)13-7-6-8(14)10(7,2)3/h7-8,14H,5-6,12H2,1-4H3,(H,13,15). The fourth-order valence-corrected chi connectivity index (χ4v) is 1.63. The summed E-state index contributed by atoms with van der Waals surface area (Å²) in [7, 11) is 0. The molecule has 1 rings (SSSR count). The molecule has 3 atom stereocenters. The van der Waals surface area contributed by atoms with Gasteiger partial charge in [0.25, 0.3) is 0 Å². The quantitative estimate of drug-likeness (QED) is 0.636. The summed E-state index contributed by atoms with van der Waals surface area (Å²) in [5.74, 6) is -0.130. The number of nitrogens with one attached hydrogen (secondary N) is 1. The van der Waals surface area contributed by atoms with Gasteiger partial charge in [-0.05, 0) is 19.8 Å². The van der Waals surface area contributed by atoms with Gasteiger partial charge in [0.05, 0.1) is 11.6 Å². The van der Waals surface area contributed by atoms with Crippen LogP contribution < -0.4 is 11.1 Å². The summed E-state index contributed by atoms with van der Waals surface area (Å²) >= 11 is 0. The van der Waals surface area contributed by atoms with Crippen LogP contribution in [0.2, 0.25) is 0 Å². The Balaban J connectivity index is 2.55. The van der Waals surface area contributed by atoms with Gasteiger partial charge >= 0.3 is 0 Å². The lowest BCUT2D eigenvalue weighted by Crippen LogP contribution is -2.65. The molecule has 0 radical (unpaired) electrons. The van der Waals surface area contributed by atoms with E-state index in [0.29, 0.717) is 12.8 Å². The molecule has 0 heterocycles. The Bertz CT molecular complexity index is 261. The second kappa shape index (κ2) is 3.76. The van der Waals surface area contributed by atoms with E-state index >= 15 is 0 Å². The molecule has 0 aromatic rings. The second-order valence-electron chi connectivity index (χ2n) is 5.37. The zero-order valence-corrected chi connectivity index (χ0v) is 10.0. The van der Waals surface area contributed by atoms with E-state index in [4.69, 9.17) is 5.73 Å². The van der Waals surface area contributed by atoms with Crippen molar-refractivity contribution in [3.05, 3.63) is 0 Å². The van der Waals surface area contributed by atoms with Crippen molar-refractivity contribution in [3.8, 4) is 0 Å². The van der Waals surface area contributed by atoms with Crippen molar-refractivity contribution in [1.82, 2.24) is 5.32 Å². The number of carbonyl (C=O) groups is 1. The highest BCUT2D eigenvalue weighted by atomic mass is 16.3.